The van der Waals surface area contributed by atoms with Crippen molar-refractivity contribution in [3.8, 4) is 0 Å². The highest BCUT2D eigenvalue weighted by atomic mass is 32.2. The highest BCUT2D eigenvalue weighted by Gasteiger charge is 2.25. The molecule has 8 heteroatoms. The van der Waals surface area contributed by atoms with Crippen LogP contribution in [-0.2, 0) is 14.3 Å². The zero-order chi connectivity index (χ0) is 15.4. The van der Waals surface area contributed by atoms with Crippen LogP contribution in [0.4, 0.5) is 4.39 Å². The van der Waals surface area contributed by atoms with Gasteiger partial charge in [0.25, 0.3) is 11.8 Å². The summed E-state index contributed by atoms with van der Waals surface area (Å²) in [4.78, 5) is 38.2. The van der Waals surface area contributed by atoms with Crippen LogP contribution in [0.5, 0.6) is 0 Å². The molecule has 0 bridgehead atoms. The largest absolute Gasteiger partial charge is 0.466 e. The molecule has 1 aromatic rings. The van der Waals surface area contributed by atoms with Crippen molar-refractivity contribution >= 4 is 34.7 Å². The number of halogens is 1. The summed E-state index contributed by atoms with van der Waals surface area (Å²) < 4.78 is 17.2. The Labute approximate surface area is 123 Å². The number of amidine groups is 1. The zero-order valence-electron chi connectivity index (χ0n) is 10.8. The molecule has 1 N–H and O–H groups in total. The molecule has 0 atom stereocenters. The van der Waals surface area contributed by atoms with Crippen molar-refractivity contribution in [3.05, 3.63) is 46.6 Å². The van der Waals surface area contributed by atoms with Gasteiger partial charge in [0, 0.05) is 11.6 Å². The zero-order valence-corrected chi connectivity index (χ0v) is 11.6. The van der Waals surface area contributed by atoms with Gasteiger partial charge >= 0.3 is 5.97 Å². The fourth-order valence-electron chi connectivity index (χ4n) is 1.40. The Morgan fingerprint density at radius 1 is 1.33 bits per heavy atom. The van der Waals surface area contributed by atoms with Crippen LogP contribution < -0.4 is 5.32 Å². The number of methoxy groups -OCH3 is 1. The number of carbonyl (C=O) groups excluding carboxylic acids is 3. The number of hydrogen-bond donors (Lipinski definition) is 1. The number of aliphatic imine (C=N–C) groups is 1. The molecule has 1 aromatic carbocycles. The SMILES string of the molecule is COC(=O)/C=C1/SC(=NC(=O)c2ccc(F)cc2)NC1=O. The third kappa shape index (κ3) is 3.76. The number of esters is 1. The van der Waals surface area contributed by atoms with E-state index in [4.69, 9.17) is 0 Å². The lowest BCUT2D eigenvalue weighted by Crippen LogP contribution is -2.21. The highest BCUT2D eigenvalue weighted by Crippen LogP contribution is 2.23. The molecule has 1 aliphatic heterocycles. The summed E-state index contributed by atoms with van der Waals surface area (Å²) in [6, 6.07) is 4.84. The minimum atomic E-state index is -0.682. The second-order valence-corrected chi connectivity index (χ2v) is 4.85. The van der Waals surface area contributed by atoms with Crippen LogP contribution in [0.3, 0.4) is 0 Å². The van der Waals surface area contributed by atoms with Crippen LogP contribution in [0.25, 0.3) is 0 Å². The van der Waals surface area contributed by atoms with Crippen molar-refractivity contribution in [2.24, 2.45) is 4.99 Å². The van der Waals surface area contributed by atoms with E-state index >= 15 is 0 Å². The molecular weight excluding hydrogens is 299 g/mol. The standard InChI is InChI=1S/C13H9FN2O4S/c1-20-10(17)6-9-12(19)16-13(21-9)15-11(18)7-2-4-8(14)5-3-7/h2-6H,1H3,(H,15,16,18,19)/b9-6+. The van der Waals surface area contributed by atoms with Gasteiger partial charge < -0.3 is 10.1 Å². The molecule has 1 fully saturated rings. The number of carbonyl (C=O) groups is 3. The normalized spacial score (nSPS) is 17.9. The number of benzene rings is 1. The molecule has 1 heterocycles. The molecule has 0 aliphatic carbocycles. The van der Waals surface area contributed by atoms with E-state index in [0.29, 0.717) is 0 Å². The van der Waals surface area contributed by atoms with Crippen molar-refractivity contribution in [2.45, 2.75) is 0 Å². The van der Waals surface area contributed by atoms with Crippen molar-refractivity contribution in [3.63, 3.8) is 0 Å². The molecular formula is C13H9FN2O4S. The molecule has 108 valence electrons. The van der Waals surface area contributed by atoms with Crippen molar-refractivity contribution in [1.82, 2.24) is 5.32 Å². The first kappa shape index (κ1) is 14.9. The first-order valence-electron chi connectivity index (χ1n) is 5.67. The Morgan fingerprint density at radius 3 is 2.62 bits per heavy atom. The van der Waals surface area contributed by atoms with Gasteiger partial charge in [0.05, 0.1) is 12.0 Å². The third-order valence-corrected chi connectivity index (χ3v) is 3.31. The van der Waals surface area contributed by atoms with Crippen LogP contribution in [0, 0.1) is 5.82 Å². The van der Waals surface area contributed by atoms with Crippen LogP contribution in [0.1, 0.15) is 10.4 Å². The summed E-state index contributed by atoms with van der Waals surface area (Å²) in [5.41, 5.74) is 0.184. The summed E-state index contributed by atoms with van der Waals surface area (Å²) in [6.45, 7) is 0. The molecule has 1 aliphatic rings. The highest BCUT2D eigenvalue weighted by molar-refractivity contribution is 8.18. The fraction of sp³-hybridized carbons (Fsp3) is 0.0769. The van der Waals surface area contributed by atoms with E-state index in [1.807, 2.05) is 0 Å². The quantitative estimate of drug-likeness (QED) is 0.656. The van der Waals surface area contributed by atoms with Crippen molar-refractivity contribution in [1.29, 1.82) is 0 Å². The Hall–Kier alpha value is -2.48. The lowest BCUT2D eigenvalue weighted by molar-refractivity contribution is -0.135. The van der Waals surface area contributed by atoms with E-state index in [1.54, 1.807) is 0 Å². The monoisotopic (exact) mass is 308 g/mol. The second-order valence-electron chi connectivity index (χ2n) is 3.82. The molecule has 1 saturated heterocycles. The maximum atomic E-state index is 12.8. The minimum Gasteiger partial charge on any atom is -0.466 e. The summed E-state index contributed by atoms with van der Waals surface area (Å²) >= 11 is 0.843. The molecule has 0 spiro atoms. The average Bonchev–Trinajstić information content (AvgIpc) is 2.79. The number of rotatable bonds is 2. The van der Waals surface area contributed by atoms with Gasteiger partial charge in [-0.1, -0.05) is 0 Å². The van der Waals surface area contributed by atoms with E-state index < -0.39 is 23.6 Å². The molecule has 0 aromatic heterocycles. The summed E-state index contributed by atoms with van der Waals surface area (Å²) in [5, 5.41) is 2.39. The number of ether oxygens (including phenoxy) is 1. The summed E-state index contributed by atoms with van der Waals surface area (Å²) in [5.74, 6) is -2.32. The minimum absolute atomic E-state index is 0.0458. The van der Waals surface area contributed by atoms with Gasteiger partial charge in [-0.2, -0.15) is 4.99 Å². The number of nitrogens with zero attached hydrogens (tertiary/aromatic N) is 1. The van der Waals surface area contributed by atoms with Crippen LogP contribution in [0.2, 0.25) is 0 Å². The Balaban J connectivity index is 2.14. The lowest BCUT2D eigenvalue weighted by atomic mass is 10.2. The van der Waals surface area contributed by atoms with E-state index in [9.17, 15) is 18.8 Å². The molecule has 0 radical (unpaired) electrons. The molecule has 2 amide bonds. The Kier molecular flexibility index (Phi) is 4.49. The van der Waals surface area contributed by atoms with Gasteiger partial charge in [-0.25, -0.2) is 9.18 Å². The lowest BCUT2D eigenvalue weighted by Gasteiger charge is -1.96. The van der Waals surface area contributed by atoms with Gasteiger partial charge in [-0.05, 0) is 36.0 Å². The van der Waals surface area contributed by atoms with E-state index in [0.717, 1.165) is 30.0 Å². The number of thioether (sulfide) groups is 1. The first-order chi connectivity index (χ1) is 9.99. The summed E-state index contributed by atoms with van der Waals surface area (Å²) in [6.07, 6.45) is 1.00. The first-order valence-corrected chi connectivity index (χ1v) is 6.48. The Morgan fingerprint density at radius 2 is 2.00 bits per heavy atom. The van der Waals surface area contributed by atoms with E-state index in [1.165, 1.54) is 19.2 Å². The third-order valence-electron chi connectivity index (χ3n) is 2.40. The topological polar surface area (TPSA) is 84.8 Å². The van der Waals surface area contributed by atoms with Crippen LogP contribution in [-0.4, -0.2) is 30.1 Å². The fourth-order valence-corrected chi connectivity index (χ4v) is 2.18. The maximum absolute atomic E-state index is 12.8. The van der Waals surface area contributed by atoms with Crippen LogP contribution >= 0.6 is 11.8 Å². The van der Waals surface area contributed by atoms with Crippen molar-refractivity contribution in [2.75, 3.05) is 7.11 Å². The smallest absolute Gasteiger partial charge is 0.331 e. The van der Waals surface area contributed by atoms with E-state index in [-0.39, 0.29) is 15.6 Å². The molecule has 6 nitrogen and oxygen atoms in total. The maximum Gasteiger partial charge on any atom is 0.331 e. The van der Waals surface area contributed by atoms with Gasteiger partial charge in [0.15, 0.2) is 5.17 Å². The number of nitrogens with one attached hydrogen (secondary N) is 1. The molecule has 21 heavy (non-hydrogen) atoms. The van der Waals surface area contributed by atoms with Gasteiger partial charge in [-0.3, -0.25) is 9.59 Å². The predicted molar refractivity (Wildman–Crippen MR) is 74.0 cm³/mol. The molecule has 0 saturated carbocycles. The number of hydrogen-bond acceptors (Lipinski definition) is 5. The number of amides is 2. The van der Waals surface area contributed by atoms with Gasteiger partial charge in [-0.15, -0.1) is 0 Å². The second kappa shape index (κ2) is 6.31. The van der Waals surface area contributed by atoms with Gasteiger partial charge in [0.1, 0.15) is 5.82 Å². The molecule has 0 unspecified atom stereocenters. The Bertz CT molecular complexity index is 667. The predicted octanol–water partition coefficient (Wildman–Crippen LogP) is 1.24. The summed E-state index contributed by atoms with van der Waals surface area (Å²) in [7, 11) is 1.18. The average molecular weight is 308 g/mol. The molecule has 2 rings (SSSR count). The van der Waals surface area contributed by atoms with Crippen molar-refractivity contribution < 1.29 is 23.5 Å². The van der Waals surface area contributed by atoms with E-state index in [2.05, 4.69) is 15.0 Å². The van der Waals surface area contributed by atoms with Crippen LogP contribution in [0.15, 0.2) is 40.2 Å². The van der Waals surface area contributed by atoms with Gasteiger partial charge in [0.2, 0.25) is 0 Å².